The standard InChI is InChI=1S/C19H31N3O2.HI/c1-5-23-17-10-12-22(13-11-17)19(20-4)21-14-16(3)24-18-8-6-15(2)7-9-18;/h6-9,16-17H,5,10-14H2,1-4H3,(H,20,21);1H. The van der Waals surface area contributed by atoms with Gasteiger partial charge in [-0.3, -0.25) is 4.99 Å². The second-order valence-electron chi connectivity index (χ2n) is 6.31. The lowest BCUT2D eigenvalue weighted by molar-refractivity contribution is 0.0263. The maximum absolute atomic E-state index is 5.94. The van der Waals surface area contributed by atoms with Gasteiger partial charge in [0.25, 0.3) is 0 Å². The molecule has 1 aliphatic heterocycles. The molecule has 1 aliphatic rings. The number of ether oxygens (including phenoxy) is 2. The van der Waals surface area contributed by atoms with Gasteiger partial charge in [0.15, 0.2) is 5.96 Å². The molecule has 1 aromatic carbocycles. The van der Waals surface area contributed by atoms with Crippen molar-refractivity contribution in [2.75, 3.05) is 33.3 Å². The monoisotopic (exact) mass is 461 g/mol. The van der Waals surface area contributed by atoms with Gasteiger partial charge in [-0.2, -0.15) is 0 Å². The highest BCUT2D eigenvalue weighted by molar-refractivity contribution is 14.0. The first-order chi connectivity index (χ1) is 11.6. The van der Waals surface area contributed by atoms with Crippen LogP contribution in [0.5, 0.6) is 5.75 Å². The van der Waals surface area contributed by atoms with Crippen LogP contribution in [0, 0.1) is 6.92 Å². The fourth-order valence-electron chi connectivity index (χ4n) is 2.93. The lowest BCUT2D eigenvalue weighted by Gasteiger charge is -2.34. The second-order valence-corrected chi connectivity index (χ2v) is 6.31. The van der Waals surface area contributed by atoms with E-state index < -0.39 is 0 Å². The molecule has 0 radical (unpaired) electrons. The summed E-state index contributed by atoms with van der Waals surface area (Å²) in [5, 5.41) is 3.43. The highest BCUT2D eigenvalue weighted by atomic mass is 127. The van der Waals surface area contributed by atoms with Crippen LogP contribution < -0.4 is 10.1 Å². The summed E-state index contributed by atoms with van der Waals surface area (Å²) in [6.45, 7) is 9.70. The molecule has 1 aromatic rings. The van der Waals surface area contributed by atoms with E-state index in [2.05, 4.69) is 48.1 Å². The number of hydrogen-bond donors (Lipinski definition) is 1. The number of likely N-dealkylation sites (tertiary alicyclic amines) is 1. The minimum atomic E-state index is 0. The molecule has 0 aliphatic carbocycles. The number of aliphatic imine (C=N–C) groups is 1. The highest BCUT2D eigenvalue weighted by Crippen LogP contribution is 2.15. The van der Waals surface area contributed by atoms with Crippen molar-refractivity contribution in [3.05, 3.63) is 29.8 Å². The molecule has 0 bridgehead atoms. The Morgan fingerprint density at radius 1 is 1.28 bits per heavy atom. The molecular weight excluding hydrogens is 429 g/mol. The number of rotatable bonds is 6. The van der Waals surface area contributed by atoms with Gasteiger partial charge in [-0.15, -0.1) is 24.0 Å². The average molecular weight is 461 g/mol. The molecule has 1 N–H and O–H groups in total. The second kappa shape index (κ2) is 11.6. The number of nitrogens with zero attached hydrogens (tertiary/aromatic N) is 2. The Bertz CT molecular complexity index is 514. The fraction of sp³-hybridized carbons (Fsp3) is 0.632. The van der Waals surface area contributed by atoms with Crippen molar-refractivity contribution in [1.29, 1.82) is 0 Å². The number of nitrogens with one attached hydrogen (secondary N) is 1. The Morgan fingerprint density at radius 2 is 1.92 bits per heavy atom. The Kier molecular flexibility index (Phi) is 10.2. The topological polar surface area (TPSA) is 46.1 Å². The summed E-state index contributed by atoms with van der Waals surface area (Å²) in [5.74, 6) is 1.85. The molecule has 25 heavy (non-hydrogen) atoms. The van der Waals surface area contributed by atoms with Crippen molar-refractivity contribution in [3.63, 3.8) is 0 Å². The summed E-state index contributed by atoms with van der Waals surface area (Å²) in [4.78, 5) is 6.71. The number of piperidine rings is 1. The number of aryl methyl sites for hydroxylation is 1. The molecule has 0 spiro atoms. The normalized spacial score (nSPS) is 17.0. The quantitative estimate of drug-likeness (QED) is 0.401. The van der Waals surface area contributed by atoms with Crippen molar-refractivity contribution < 1.29 is 9.47 Å². The van der Waals surface area contributed by atoms with Crippen LogP contribution in [-0.4, -0.2) is 56.4 Å². The van der Waals surface area contributed by atoms with E-state index in [1.807, 2.05) is 19.2 Å². The lowest BCUT2D eigenvalue weighted by Crippen LogP contribution is -2.48. The molecule has 0 saturated carbocycles. The summed E-state index contributed by atoms with van der Waals surface area (Å²) in [6, 6.07) is 8.16. The zero-order valence-corrected chi connectivity index (χ0v) is 18.2. The summed E-state index contributed by atoms with van der Waals surface area (Å²) in [7, 11) is 1.84. The van der Waals surface area contributed by atoms with Gasteiger partial charge in [0.05, 0.1) is 12.6 Å². The molecule has 142 valence electrons. The van der Waals surface area contributed by atoms with Crippen LogP contribution in [0.15, 0.2) is 29.3 Å². The van der Waals surface area contributed by atoms with E-state index in [1.54, 1.807) is 0 Å². The SMILES string of the molecule is CCOC1CCN(C(=NC)NCC(C)Oc2ccc(C)cc2)CC1.I. The molecule has 1 fully saturated rings. The minimum absolute atomic E-state index is 0. The Morgan fingerprint density at radius 3 is 2.48 bits per heavy atom. The molecule has 1 heterocycles. The molecule has 1 unspecified atom stereocenters. The summed E-state index contributed by atoms with van der Waals surface area (Å²) in [5.41, 5.74) is 1.24. The van der Waals surface area contributed by atoms with Crippen LogP contribution in [0.1, 0.15) is 32.3 Å². The smallest absolute Gasteiger partial charge is 0.193 e. The third kappa shape index (κ3) is 7.40. The van der Waals surface area contributed by atoms with Crippen LogP contribution in [0.2, 0.25) is 0 Å². The molecule has 1 saturated heterocycles. The predicted molar refractivity (Wildman–Crippen MR) is 114 cm³/mol. The van der Waals surface area contributed by atoms with Gasteiger partial charge in [0.2, 0.25) is 0 Å². The van der Waals surface area contributed by atoms with E-state index in [0.717, 1.165) is 50.8 Å². The first-order valence-electron chi connectivity index (χ1n) is 8.93. The van der Waals surface area contributed by atoms with Crippen molar-refractivity contribution in [2.45, 2.75) is 45.8 Å². The third-order valence-corrected chi connectivity index (χ3v) is 4.26. The lowest BCUT2D eigenvalue weighted by atomic mass is 10.1. The van der Waals surface area contributed by atoms with Crippen molar-refractivity contribution >= 4 is 29.9 Å². The summed E-state index contributed by atoms with van der Waals surface area (Å²) >= 11 is 0. The van der Waals surface area contributed by atoms with Gasteiger partial charge in [0.1, 0.15) is 11.9 Å². The summed E-state index contributed by atoms with van der Waals surface area (Å²) < 4.78 is 11.7. The number of benzene rings is 1. The Balaban J connectivity index is 0.00000312. The molecular formula is C19H32IN3O2. The van der Waals surface area contributed by atoms with Crippen LogP contribution in [0.25, 0.3) is 0 Å². The molecule has 5 nitrogen and oxygen atoms in total. The largest absolute Gasteiger partial charge is 0.489 e. The predicted octanol–water partition coefficient (Wildman–Crippen LogP) is 3.46. The third-order valence-electron chi connectivity index (χ3n) is 4.26. The first-order valence-corrected chi connectivity index (χ1v) is 8.93. The van der Waals surface area contributed by atoms with E-state index in [4.69, 9.17) is 9.47 Å². The van der Waals surface area contributed by atoms with Gasteiger partial charge < -0.3 is 19.7 Å². The van der Waals surface area contributed by atoms with Crippen LogP contribution in [0.3, 0.4) is 0 Å². The van der Waals surface area contributed by atoms with E-state index in [0.29, 0.717) is 6.10 Å². The van der Waals surface area contributed by atoms with E-state index in [-0.39, 0.29) is 30.1 Å². The van der Waals surface area contributed by atoms with Gasteiger partial charge in [-0.25, -0.2) is 0 Å². The van der Waals surface area contributed by atoms with E-state index >= 15 is 0 Å². The van der Waals surface area contributed by atoms with Gasteiger partial charge in [0, 0.05) is 26.7 Å². The summed E-state index contributed by atoms with van der Waals surface area (Å²) in [6.07, 6.45) is 2.59. The zero-order valence-electron chi connectivity index (χ0n) is 15.8. The zero-order chi connectivity index (χ0) is 17.4. The van der Waals surface area contributed by atoms with Crippen molar-refractivity contribution in [3.8, 4) is 5.75 Å². The number of halogens is 1. The fourth-order valence-corrected chi connectivity index (χ4v) is 2.93. The van der Waals surface area contributed by atoms with Gasteiger partial charge >= 0.3 is 0 Å². The van der Waals surface area contributed by atoms with Gasteiger partial charge in [-0.05, 0) is 45.7 Å². The molecule has 0 aromatic heterocycles. The van der Waals surface area contributed by atoms with Crippen LogP contribution in [-0.2, 0) is 4.74 Å². The maximum atomic E-state index is 5.94. The van der Waals surface area contributed by atoms with E-state index in [1.165, 1.54) is 5.56 Å². The molecule has 6 heteroatoms. The minimum Gasteiger partial charge on any atom is -0.489 e. The highest BCUT2D eigenvalue weighted by Gasteiger charge is 2.21. The number of guanidine groups is 1. The number of hydrogen-bond acceptors (Lipinski definition) is 3. The van der Waals surface area contributed by atoms with Crippen molar-refractivity contribution in [2.24, 2.45) is 4.99 Å². The molecule has 2 rings (SSSR count). The molecule has 0 amide bonds. The van der Waals surface area contributed by atoms with Crippen LogP contribution >= 0.6 is 24.0 Å². The van der Waals surface area contributed by atoms with Gasteiger partial charge in [-0.1, -0.05) is 17.7 Å². The molecule has 1 atom stereocenters. The van der Waals surface area contributed by atoms with E-state index in [9.17, 15) is 0 Å². The van der Waals surface area contributed by atoms with Crippen molar-refractivity contribution in [1.82, 2.24) is 10.2 Å². The van der Waals surface area contributed by atoms with Crippen LogP contribution in [0.4, 0.5) is 0 Å². The maximum Gasteiger partial charge on any atom is 0.193 e. The average Bonchev–Trinajstić information content (AvgIpc) is 2.59. The Labute approximate surface area is 169 Å². The first kappa shape index (κ1) is 22.0. The Hall–Kier alpha value is -1.02.